The zero-order valence-electron chi connectivity index (χ0n) is 8.75. The lowest BCUT2D eigenvalue weighted by molar-refractivity contribution is 0.210. The number of rotatable bonds is 7. The fourth-order valence-corrected chi connectivity index (χ4v) is 1.10. The summed E-state index contributed by atoms with van der Waals surface area (Å²) in [6.07, 6.45) is 1.53. The van der Waals surface area contributed by atoms with Crippen molar-refractivity contribution in [3.05, 3.63) is 0 Å². The van der Waals surface area contributed by atoms with E-state index in [0.717, 1.165) is 6.42 Å². The van der Waals surface area contributed by atoms with Gasteiger partial charge >= 0.3 is 7.12 Å². The van der Waals surface area contributed by atoms with Crippen LogP contribution in [0.2, 0.25) is 6.32 Å². The molecular formula is C9H18BNO2. The number of hydrogen-bond acceptors (Lipinski definition) is 3. The van der Waals surface area contributed by atoms with Crippen LogP contribution in [-0.2, 0) is 9.31 Å². The number of nitrogens with zero attached hydrogens (tertiary/aromatic N) is 1. The van der Waals surface area contributed by atoms with Gasteiger partial charge in [0, 0.05) is 19.1 Å². The molecule has 0 bridgehead atoms. The first-order valence-electron chi connectivity index (χ1n) is 4.91. The highest BCUT2D eigenvalue weighted by Gasteiger charge is 2.21. The molecule has 0 radical (unpaired) electrons. The Morgan fingerprint density at radius 1 is 1.23 bits per heavy atom. The van der Waals surface area contributed by atoms with Crippen molar-refractivity contribution in [3.63, 3.8) is 0 Å². The highest BCUT2D eigenvalue weighted by atomic mass is 16.6. The smallest absolute Gasteiger partial charge is 0.411 e. The third-order valence-electron chi connectivity index (χ3n) is 1.86. The molecule has 0 aromatic heterocycles. The maximum atomic E-state index is 8.75. The van der Waals surface area contributed by atoms with Gasteiger partial charge in [-0.15, -0.1) is 0 Å². The number of hydrogen-bond donors (Lipinski definition) is 0. The van der Waals surface area contributed by atoms with Crippen LogP contribution in [0.25, 0.3) is 0 Å². The lowest BCUT2D eigenvalue weighted by Gasteiger charge is -2.14. The van der Waals surface area contributed by atoms with Crippen LogP contribution in [0.1, 0.15) is 27.2 Å². The van der Waals surface area contributed by atoms with Gasteiger partial charge in [0.25, 0.3) is 0 Å². The van der Waals surface area contributed by atoms with E-state index in [1.54, 1.807) is 0 Å². The highest BCUT2D eigenvalue weighted by molar-refractivity contribution is 6.44. The molecule has 1 unspecified atom stereocenters. The summed E-state index contributed by atoms with van der Waals surface area (Å²) in [6.45, 7) is 7.13. The molecule has 0 aliphatic carbocycles. The average Bonchev–Trinajstić information content (AvgIpc) is 2.14. The summed E-state index contributed by atoms with van der Waals surface area (Å²) < 4.78 is 10.7. The summed E-state index contributed by atoms with van der Waals surface area (Å²) in [5.41, 5.74) is 0. The Hall–Kier alpha value is -0.525. The predicted molar refractivity (Wildman–Crippen MR) is 53.2 cm³/mol. The molecule has 0 amide bonds. The lowest BCUT2D eigenvalue weighted by atomic mass is 9.76. The normalized spacial score (nSPS) is 12.2. The Balaban J connectivity index is 3.85. The van der Waals surface area contributed by atoms with E-state index in [-0.39, 0.29) is 13.0 Å². The second-order valence-electron chi connectivity index (χ2n) is 2.81. The quantitative estimate of drug-likeness (QED) is 0.567. The lowest BCUT2D eigenvalue weighted by Crippen LogP contribution is -2.25. The van der Waals surface area contributed by atoms with Crippen LogP contribution in [0.4, 0.5) is 0 Å². The maximum absolute atomic E-state index is 8.75. The van der Waals surface area contributed by atoms with Gasteiger partial charge in [0.1, 0.15) is 0 Å². The summed E-state index contributed by atoms with van der Waals surface area (Å²) in [5.74, 6) is 0.0445. The maximum Gasteiger partial charge on any atom is 0.458 e. The van der Waals surface area contributed by atoms with E-state index in [2.05, 4.69) is 6.07 Å². The molecule has 1 atom stereocenters. The van der Waals surface area contributed by atoms with E-state index < -0.39 is 0 Å². The minimum absolute atomic E-state index is 0.0445. The molecule has 0 rings (SSSR count). The van der Waals surface area contributed by atoms with Crippen molar-refractivity contribution in [1.82, 2.24) is 0 Å². The van der Waals surface area contributed by atoms with Gasteiger partial charge in [0.2, 0.25) is 0 Å². The third kappa shape index (κ3) is 5.67. The molecule has 0 spiro atoms. The largest absolute Gasteiger partial charge is 0.458 e. The first-order chi connectivity index (χ1) is 6.28. The molecule has 0 heterocycles. The second kappa shape index (κ2) is 8.09. The average molecular weight is 183 g/mol. The van der Waals surface area contributed by atoms with E-state index in [1.807, 2.05) is 20.8 Å². The van der Waals surface area contributed by atoms with E-state index >= 15 is 0 Å². The summed E-state index contributed by atoms with van der Waals surface area (Å²) >= 11 is 0. The molecule has 3 nitrogen and oxygen atoms in total. The summed E-state index contributed by atoms with van der Waals surface area (Å²) in [5, 5.41) is 8.75. The molecule has 4 heteroatoms. The Morgan fingerprint density at radius 2 is 1.77 bits per heavy atom. The molecule has 0 aromatic rings. The SMILES string of the molecule is CCOB(CC(C#N)CC)OCC. The highest BCUT2D eigenvalue weighted by Crippen LogP contribution is 2.12. The predicted octanol–water partition coefficient (Wildman–Crippen LogP) is 2.10. The molecule has 0 saturated heterocycles. The van der Waals surface area contributed by atoms with Crippen LogP contribution < -0.4 is 0 Å². The van der Waals surface area contributed by atoms with Crippen LogP contribution in [0.15, 0.2) is 0 Å². The fraction of sp³-hybridized carbons (Fsp3) is 0.889. The third-order valence-corrected chi connectivity index (χ3v) is 1.86. The minimum atomic E-state index is -0.209. The van der Waals surface area contributed by atoms with Crippen molar-refractivity contribution in [1.29, 1.82) is 5.26 Å². The van der Waals surface area contributed by atoms with E-state index in [4.69, 9.17) is 14.6 Å². The van der Waals surface area contributed by atoms with Gasteiger partial charge in [-0.05, 0) is 26.6 Å². The molecule has 0 N–H and O–H groups in total. The first kappa shape index (κ1) is 12.5. The minimum Gasteiger partial charge on any atom is -0.411 e. The van der Waals surface area contributed by atoms with Gasteiger partial charge in [-0.25, -0.2) is 0 Å². The molecule has 0 fully saturated rings. The van der Waals surface area contributed by atoms with E-state index in [0.29, 0.717) is 19.5 Å². The Kier molecular flexibility index (Phi) is 7.76. The molecule has 0 aromatic carbocycles. The van der Waals surface area contributed by atoms with Crippen molar-refractivity contribution in [2.75, 3.05) is 13.2 Å². The molecule has 0 saturated carbocycles. The Morgan fingerprint density at radius 3 is 2.08 bits per heavy atom. The van der Waals surface area contributed by atoms with Gasteiger partial charge in [0.05, 0.1) is 6.07 Å². The topological polar surface area (TPSA) is 42.2 Å². The van der Waals surface area contributed by atoms with Crippen molar-refractivity contribution in [2.24, 2.45) is 5.92 Å². The standard InChI is InChI=1S/C9H18BNO2/c1-4-9(8-11)7-10(12-5-2)13-6-3/h9H,4-7H2,1-3H3. The number of nitriles is 1. The zero-order valence-corrected chi connectivity index (χ0v) is 8.75. The van der Waals surface area contributed by atoms with E-state index in [1.165, 1.54) is 0 Å². The van der Waals surface area contributed by atoms with Crippen LogP contribution in [0.3, 0.4) is 0 Å². The molecule has 13 heavy (non-hydrogen) atoms. The Bertz CT molecular complexity index is 152. The monoisotopic (exact) mass is 183 g/mol. The van der Waals surface area contributed by atoms with E-state index in [9.17, 15) is 0 Å². The van der Waals surface area contributed by atoms with Crippen molar-refractivity contribution in [2.45, 2.75) is 33.5 Å². The Labute approximate surface area is 81.2 Å². The van der Waals surface area contributed by atoms with Crippen LogP contribution >= 0.6 is 0 Å². The fourth-order valence-electron chi connectivity index (χ4n) is 1.10. The van der Waals surface area contributed by atoms with Gasteiger partial charge in [-0.1, -0.05) is 6.92 Å². The van der Waals surface area contributed by atoms with Gasteiger partial charge in [-0.2, -0.15) is 5.26 Å². The summed E-state index contributed by atoms with van der Waals surface area (Å²) in [7, 11) is -0.209. The second-order valence-corrected chi connectivity index (χ2v) is 2.81. The van der Waals surface area contributed by atoms with Crippen molar-refractivity contribution < 1.29 is 9.31 Å². The van der Waals surface area contributed by atoms with Crippen LogP contribution in [0.5, 0.6) is 0 Å². The summed E-state index contributed by atoms with van der Waals surface area (Å²) in [4.78, 5) is 0. The van der Waals surface area contributed by atoms with Crippen LogP contribution in [0, 0.1) is 17.2 Å². The molecular weight excluding hydrogens is 165 g/mol. The molecule has 0 aliphatic heterocycles. The van der Waals surface area contributed by atoms with Gasteiger partial charge < -0.3 is 9.31 Å². The molecule has 0 aliphatic rings. The van der Waals surface area contributed by atoms with Gasteiger partial charge in [0.15, 0.2) is 0 Å². The van der Waals surface area contributed by atoms with Gasteiger partial charge in [-0.3, -0.25) is 0 Å². The summed E-state index contributed by atoms with van der Waals surface area (Å²) in [6, 6.07) is 2.24. The van der Waals surface area contributed by atoms with Crippen molar-refractivity contribution in [3.8, 4) is 6.07 Å². The van der Waals surface area contributed by atoms with Crippen molar-refractivity contribution >= 4 is 7.12 Å². The van der Waals surface area contributed by atoms with Crippen LogP contribution in [-0.4, -0.2) is 20.3 Å². The first-order valence-corrected chi connectivity index (χ1v) is 4.91. The molecule has 74 valence electrons. The zero-order chi connectivity index (χ0) is 10.1.